The lowest BCUT2D eigenvalue weighted by Crippen LogP contribution is -2.44. The molecular weight excluding hydrogens is 696 g/mol. The van der Waals surface area contributed by atoms with Gasteiger partial charge in [-0.1, -0.05) is 163 Å². The first-order valence-electron chi connectivity index (χ1n) is 19.6. The van der Waals surface area contributed by atoms with E-state index in [9.17, 15) is 0 Å². The molecular formula is C53H28B4O. The molecule has 1 aliphatic carbocycles. The van der Waals surface area contributed by atoms with Gasteiger partial charge in [0.15, 0.2) is 0 Å². The predicted molar refractivity (Wildman–Crippen MR) is 247 cm³/mol. The van der Waals surface area contributed by atoms with E-state index in [4.69, 9.17) is 35.8 Å². The lowest BCUT2D eigenvalue weighted by Gasteiger charge is -2.34. The molecule has 0 aliphatic heterocycles. The van der Waals surface area contributed by atoms with Crippen LogP contribution >= 0.6 is 0 Å². The topological polar surface area (TPSA) is 13.1 Å². The van der Waals surface area contributed by atoms with Crippen molar-refractivity contribution in [2.45, 2.75) is 5.41 Å². The number of hydrogen-bond acceptors (Lipinski definition) is 1. The molecule has 0 spiro atoms. The third-order valence-electron chi connectivity index (χ3n) is 12.7. The fourth-order valence-corrected chi connectivity index (χ4v) is 10.3. The fraction of sp³-hybridized carbons (Fsp3) is 0.0189. The van der Waals surface area contributed by atoms with Gasteiger partial charge in [0.1, 0.15) is 42.6 Å². The molecule has 0 atom stereocenters. The van der Waals surface area contributed by atoms with Crippen LogP contribution in [0.2, 0.25) is 0 Å². The van der Waals surface area contributed by atoms with Gasteiger partial charge in [-0.05, 0) is 101 Å². The third kappa shape index (κ3) is 4.37. The lowest BCUT2D eigenvalue weighted by atomic mass is 9.64. The van der Waals surface area contributed by atoms with E-state index in [0.29, 0.717) is 27.4 Å². The number of hydrogen-bond donors (Lipinski definition) is 0. The highest BCUT2D eigenvalue weighted by molar-refractivity contribution is 6.61. The van der Waals surface area contributed by atoms with Crippen LogP contribution < -0.4 is 21.9 Å². The molecule has 1 aromatic heterocycles. The van der Waals surface area contributed by atoms with Crippen molar-refractivity contribution in [2.75, 3.05) is 0 Å². The molecule has 5 heteroatoms. The Morgan fingerprint density at radius 1 is 0.397 bits per heavy atom. The summed E-state index contributed by atoms with van der Waals surface area (Å²) in [5, 5.41) is 9.65. The third-order valence-corrected chi connectivity index (χ3v) is 12.7. The van der Waals surface area contributed by atoms with E-state index in [1.54, 1.807) is 6.07 Å². The van der Waals surface area contributed by atoms with Crippen molar-refractivity contribution in [1.82, 2.24) is 0 Å². The molecule has 1 heterocycles. The van der Waals surface area contributed by atoms with E-state index in [0.717, 1.165) is 72.0 Å². The zero-order valence-corrected chi connectivity index (χ0v) is 31.4. The maximum absolute atomic E-state index is 7.12. The molecule has 0 saturated carbocycles. The Morgan fingerprint density at radius 3 is 1.78 bits per heavy atom. The maximum atomic E-state index is 7.12. The van der Waals surface area contributed by atoms with Gasteiger partial charge >= 0.3 is 0 Å². The second-order valence-electron chi connectivity index (χ2n) is 15.6. The molecule has 0 bridgehead atoms. The molecule has 10 aromatic carbocycles. The van der Waals surface area contributed by atoms with Crippen LogP contribution in [0, 0.1) is 0 Å². The van der Waals surface area contributed by atoms with Gasteiger partial charge in [0.2, 0.25) is 0 Å². The number of rotatable bonds is 4. The quantitative estimate of drug-likeness (QED) is 0.130. The lowest BCUT2D eigenvalue weighted by molar-refractivity contribution is 0.669. The molecule has 258 valence electrons. The van der Waals surface area contributed by atoms with Gasteiger partial charge in [0, 0.05) is 16.3 Å². The van der Waals surface area contributed by atoms with Crippen molar-refractivity contribution in [3.05, 3.63) is 192 Å². The minimum atomic E-state index is -0.766. The molecule has 0 unspecified atom stereocenters. The summed E-state index contributed by atoms with van der Waals surface area (Å²) < 4.78 is 7.12. The summed E-state index contributed by atoms with van der Waals surface area (Å²) in [4.78, 5) is 0. The van der Waals surface area contributed by atoms with Crippen LogP contribution in [0.25, 0.3) is 87.6 Å². The van der Waals surface area contributed by atoms with E-state index in [1.807, 2.05) is 6.07 Å². The average Bonchev–Trinajstić information content (AvgIpc) is 3.79. The smallest absolute Gasteiger partial charge is 0.144 e. The van der Waals surface area contributed by atoms with Crippen LogP contribution in [0.4, 0.5) is 0 Å². The number of para-hydroxylation sites is 1. The zero-order chi connectivity index (χ0) is 38.9. The Labute approximate surface area is 341 Å². The monoisotopic (exact) mass is 724 g/mol. The van der Waals surface area contributed by atoms with Crippen molar-refractivity contribution < 1.29 is 4.42 Å². The minimum Gasteiger partial charge on any atom is -0.455 e. The van der Waals surface area contributed by atoms with Gasteiger partial charge in [-0.2, -0.15) is 0 Å². The predicted octanol–water partition coefficient (Wildman–Crippen LogP) is 9.36. The highest BCUT2D eigenvalue weighted by Crippen LogP contribution is 2.60. The molecule has 0 fully saturated rings. The Balaban J connectivity index is 1.27. The Kier molecular flexibility index (Phi) is 7.01. The fourth-order valence-electron chi connectivity index (χ4n) is 10.3. The van der Waals surface area contributed by atoms with Gasteiger partial charge in [0.25, 0.3) is 0 Å². The highest BCUT2D eigenvalue weighted by Gasteiger charge is 2.48. The largest absolute Gasteiger partial charge is 0.455 e. The second-order valence-corrected chi connectivity index (χ2v) is 15.6. The van der Waals surface area contributed by atoms with Crippen LogP contribution in [-0.2, 0) is 5.41 Å². The summed E-state index contributed by atoms with van der Waals surface area (Å²) in [5.41, 5.74) is 12.9. The summed E-state index contributed by atoms with van der Waals surface area (Å²) in [7, 11) is 26.1. The molecule has 1 nitrogen and oxygen atoms in total. The second kappa shape index (κ2) is 12.2. The number of fused-ring (bicyclic) bond motifs is 7. The highest BCUT2D eigenvalue weighted by atomic mass is 16.3. The average molecular weight is 724 g/mol. The minimum absolute atomic E-state index is 0.326. The Bertz CT molecular complexity index is 3440. The molecule has 0 N–H and O–H groups in total. The molecule has 0 saturated heterocycles. The van der Waals surface area contributed by atoms with Crippen LogP contribution in [0.1, 0.15) is 22.3 Å². The number of furan rings is 1. The van der Waals surface area contributed by atoms with Crippen LogP contribution in [0.15, 0.2) is 174 Å². The molecule has 11 aromatic rings. The first-order valence-corrected chi connectivity index (χ1v) is 19.6. The Hall–Kier alpha value is -6.70. The SMILES string of the molecule is [B]c1cc([B])c(-c2ccc3c(c2)C(c2ccccc2)(c2ccccc2)c2cc(-c4ccc5ccc6cccc7ccc4c5c67)c4c(oc5ccccc54)c2-3)c([B])c1[B]. The van der Waals surface area contributed by atoms with Crippen molar-refractivity contribution in [2.24, 2.45) is 0 Å². The normalized spacial score (nSPS) is 13.2. The van der Waals surface area contributed by atoms with Crippen molar-refractivity contribution in [3.63, 3.8) is 0 Å². The Morgan fingerprint density at radius 2 is 1.03 bits per heavy atom. The van der Waals surface area contributed by atoms with Crippen molar-refractivity contribution in [1.29, 1.82) is 0 Å². The van der Waals surface area contributed by atoms with Crippen LogP contribution in [0.5, 0.6) is 0 Å². The molecule has 12 rings (SSSR count). The van der Waals surface area contributed by atoms with Crippen molar-refractivity contribution in [3.8, 4) is 33.4 Å². The number of benzene rings is 10. The maximum Gasteiger partial charge on any atom is 0.144 e. The summed E-state index contributed by atoms with van der Waals surface area (Å²) in [5.74, 6) is 0. The van der Waals surface area contributed by atoms with E-state index >= 15 is 0 Å². The summed E-state index contributed by atoms with van der Waals surface area (Å²) in [6.07, 6.45) is 0. The van der Waals surface area contributed by atoms with Crippen molar-refractivity contribution >= 4 is 107 Å². The van der Waals surface area contributed by atoms with Gasteiger partial charge in [-0.15, -0.1) is 10.9 Å². The van der Waals surface area contributed by atoms with Gasteiger partial charge in [0.05, 0.1) is 5.41 Å². The van der Waals surface area contributed by atoms with Gasteiger partial charge < -0.3 is 4.42 Å². The van der Waals surface area contributed by atoms with E-state index < -0.39 is 5.41 Å². The van der Waals surface area contributed by atoms with Gasteiger partial charge in [-0.3, -0.25) is 0 Å². The van der Waals surface area contributed by atoms with Crippen LogP contribution in [0.3, 0.4) is 0 Å². The first kappa shape index (κ1) is 33.4. The molecule has 1 aliphatic rings. The van der Waals surface area contributed by atoms with Crippen LogP contribution in [-0.4, -0.2) is 31.4 Å². The first-order chi connectivity index (χ1) is 28.4. The summed E-state index contributed by atoms with van der Waals surface area (Å²) in [6.45, 7) is 0. The molecule has 58 heavy (non-hydrogen) atoms. The summed E-state index contributed by atoms with van der Waals surface area (Å²) in [6, 6.07) is 60.9. The summed E-state index contributed by atoms with van der Waals surface area (Å²) >= 11 is 0. The van der Waals surface area contributed by atoms with E-state index in [-0.39, 0.29) is 0 Å². The zero-order valence-electron chi connectivity index (χ0n) is 31.4. The van der Waals surface area contributed by atoms with E-state index in [2.05, 4.69) is 158 Å². The van der Waals surface area contributed by atoms with E-state index in [1.165, 1.54) is 32.3 Å². The molecule has 8 radical (unpaired) electrons. The van der Waals surface area contributed by atoms with Gasteiger partial charge in [-0.25, -0.2) is 0 Å². The molecule has 0 amide bonds. The standard InChI is InChI=1S/C53H28B4O/c54-42-28-43(55)50(56)51(57)47(42)32-22-25-37-40(26-32)53(33-12-3-1-4-13-33,34-14-5-2-6-15-34)41-27-39(48-38-16-7-8-17-44(38)58-52(48)49(37)41)35-23-20-31-19-18-29-10-9-11-30-21-24-36(35)46(31)45(29)30/h1-28H.